The third-order valence-electron chi connectivity index (χ3n) is 3.42. The van der Waals surface area contributed by atoms with Gasteiger partial charge in [-0.3, -0.25) is 4.79 Å². The second kappa shape index (κ2) is 11.1. The molecule has 0 bridgehead atoms. The van der Waals surface area contributed by atoms with E-state index >= 15 is 0 Å². The number of halogens is 9. The van der Waals surface area contributed by atoms with Gasteiger partial charge in [-0.15, -0.1) is 0 Å². The lowest BCUT2D eigenvalue weighted by Gasteiger charge is -2.34. The zero-order valence-corrected chi connectivity index (χ0v) is 17.2. The number of alkyl halides is 9. The number of rotatable bonds is 10. The third kappa shape index (κ3) is 7.81. The van der Waals surface area contributed by atoms with Crippen molar-refractivity contribution in [2.45, 2.75) is 63.3 Å². The first-order chi connectivity index (χ1) is 12.7. The standard InChI is InChI=1S/C10H21OS.C4HF9O3S/c1-4-7-8-10(11)9-12(5-2)6-3;5-1(6,3(9,10)11)2(7,8)4(12,13)17(14,15)16/h4-9H2,1-3H3;(H,14,15,16)/q+1;/p-1. The van der Waals surface area contributed by atoms with Crippen molar-refractivity contribution in [3.05, 3.63) is 0 Å². The zero-order valence-electron chi connectivity index (χ0n) is 15.6. The lowest BCUT2D eigenvalue weighted by Crippen LogP contribution is -2.63. The summed E-state index contributed by atoms with van der Waals surface area (Å²) in [6.07, 6.45) is -4.15. The van der Waals surface area contributed by atoms with Gasteiger partial charge < -0.3 is 4.55 Å². The van der Waals surface area contributed by atoms with E-state index in [-0.39, 0.29) is 0 Å². The van der Waals surface area contributed by atoms with Crippen molar-refractivity contribution in [3.63, 3.8) is 0 Å². The largest absolute Gasteiger partial charge is 0.743 e. The number of ketones is 1. The summed E-state index contributed by atoms with van der Waals surface area (Å²) in [6.45, 7) is 6.49. The van der Waals surface area contributed by atoms with Crippen molar-refractivity contribution in [1.29, 1.82) is 0 Å². The van der Waals surface area contributed by atoms with Gasteiger partial charge in [-0.1, -0.05) is 13.3 Å². The maximum Gasteiger partial charge on any atom is 0.460 e. The Balaban J connectivity index is 0. The SMILES string of the molecule is CCCCC(=O)C[S+](CC)CC.O=S(=O)([O-])C(F)(F)C(F)(F)C(F)(F)C(F)(F)F. The fraction of sp³-hybridized carbons (Fsp3) is 0.929. The Kier molecular flexibility index (Phi) is 11.6. The van der Waals surface area contributed by atoms with E-state index in [1.54, 1.807) is 0 Å². The Bertz CT molecular complexity index is 615. The van der Waals surface area contributed by atoms with Gasteiger partial charge in [0.25, 0.3) is 0 Å². The normalized spacial score (nSPS) is 13.9. The lowest BCUT2D eigenvalue weighted by molar-refractivity contribution is -0.382. The van der Waals surface area contributed by atoms with Crippen LogP contribution in [0.5, 0.6) is 0 Å². The Morgan fingerprint density at radius 3 is 1.55 bits per heavy atom. The molecular formula is C14H21F9O4S2. The zero-order chi connectivity index (χ0) is 23.9. The smallest absolute Gasteiger partial charge is 0.460 e. The van der Waals surface area contributed by atoms with Gasteiger partial charge in [0.2, 0.25) is 0 Å². The summed E-state index contributed by atoms with van der Waals surface area (Å²) in [5, 5.41) is -7.11. The highest BCUT2D eigenvalue weighted by molar-refractivity contribution is 7.97. The summed E-state index contributed by atoms with van der Waals surface area (Å²) in [7, 11) is -7.04. The van der Waals surface area contributed by atoms with E-state index in [9.17, 15) is 57.3 Å². The maximum atomic E-state index is 12.2. The molecule has 0 aromatic rings. The van der Waals surface area contributed by atoms with Gasteiger partial charge in [0.1, 0.15) is 11.5 Å². The number of hydrogen-bond donors (Lipinski definition) is 0. The van der Waals surface area contributed by atoms with E-state index in [1.165, 1.54) is 11.5 Å². The van der Waals surface area contributed by atoms with Crippen LogP contribution < -0.4 is 0 Å². The van der Waals surface area contributed by atoms with Gasteiger partial charge >= 0.3 is 23.3 Å². The highest BCUT2D eigenvalue weighted by Crippen LogP contribution is 2.54. The highest BCUT2D eigenvalue weighted by Gasteiger charge is 2.83. The molecule has 0 saturated heterocycles. The minimum atomic E-state index is -7.43. The van der Waals surface area contributed by atoms with Crippen LogP contribution in [0.15, 0.2) is 0 Å². The van der Waals surface area contributed by atoms with Crippen molar-refractivity contribution in [1.82, 2.24) is 0 Å². The Morgan fingerprint density at radius 2 is 1.28 bits per heavy atom. The van der Waals surface area contributed by atoms with E-state index in [0.717, 1.165) is 25.0 Å². The maximum absolute atomic E-state index is 12.2. The third-order valence-corrected chi connectivity index (χ3v) is 6.67. The van der Waals surface area contributed by atoms with Crippen LogP contribution >= 0.6 is 0 Å². The monoisotopic (exact) mass is 488 g/mol. The van der Waals surface area contributed by atoms with E-state index in [4.69, 9.17) is 0 Å². The highest BCUT2D eigenvalue weighted by atomic mass is 32.2. The fourth-order valence-electron chi connectivity index (χ4n) is 1.60. The molecule has 0 fully saturated rings. The second-order valence-corrected chi connectivity index (χ2v) is 9.68. The topological polar surface area (TPSA) is 74.3 Å². The average molecular weight is 488 g/mol. The van der Waals surface area contributed by atoms with Crippen molar-refractivity contribution >= 4 is 26.8 Å². The van der Waals surface area contributed by atoms with Crippen molar-refractivity contribution in [2.75, 3.05) is 17.3 Å². The van der Waals surface area contributed by atoms with Crippen LogP contribution in [0.25, 0.3) is 0 Å². The lowest BCUT2D eigenvalue weighted by atomic mass is 10.1. The van der Waals surface area contributed by atoms with Gasteiger partial charge in [-0.2, -0.15) is 39.5 Å². The van der Waals surface area contributed by atoms with Crippen LogP contribution in [-0.4, -0.2) is 59.3 Å². The predicted octanol–water partition coefficient (Wildman–Crippen LogP) is 4.36. The number of unbranched alkanes of at least 4 members (excludes halogenated alkanes) is 1. The summed E-state index contributed by atoms with van der Waals surface area (Å²) in [5.74, 6) is -11.2. The van der Waals surface area contributed by atoms with Gasteiger partial charge in [-0.25, -0.2) is 8.42 Å². The molecule has 0 aliphatic rings. The van der Waals surface area contributed by atoms with Gasteiger partial charge in [0.05, 0.1) is 0 Å². The van der Waals surface area contributed by atoms with E-state index in [2.05, 4.69) is 20.8 Å². The van der Waals surface area contributed by atoms with Crippen LogP contribution in [-0.2, 0) is 25.8 Å². The first kappa shape index (κ1) is 30.5. The molecule has 0 aromatic carbocycles. The van der Waals surface area contributed by atoms with Crippen LogP contribution in [0.3, 0.4) is 0 Å². The molecule has 0 amide bonds. The summed E-state index contributed by atoms with van der Waals surface area (Å²) in [4.78, 5) is 11.3. The number of carbonyl (C=O) groups excluding carboxylic acids is 1. The number of hydrogen-bond acceptors (Lipinski definition) is 4. The van der Waals surface area contributed by atoms with Crippen molar-refractivity contribution in [3.8, 4) is 0 Å². The average Bonchev–Trinajstić information content (AvgIpc) is 2.56. The number of carbonyl (C=O) groups is 1. The van der Waals surface area contributed by atoms with Crippen LogP contribution in [0.1, 0.15) is 40.0 Å². The summed E-state index contributed by atoms with van der Waals surface area (Å²) >= 11 is 0. The molecule has 0 aromatic heterocycles. The summed E-state index contributed by atoms with van der Waals surface area (Å²) in [5.41, 5.74) is 0. The summed E-state index contributed by atoms with van der Waals surface area (Å²) in [6, 6.07) is 0. The quantitative estimate of drug-likeness (QED) is 0.260. The second-order valence-electron chi connectivity index (χ2n) is 5.59. The minimum Gasteiger partial charge on any atom is -0.743 e. The molecule has 0 atom stereocenters. The number of Topliss-reactive ketones (excluding diaryl/α,β-unsaturated/α-hetero) is 1. The predicted molar refractivity (Wildman–Crippen MR) is 88.4 cm³/mol. The Hall–Kier alpha value is -0.700. The van der Waals surface area contributed by atoms with Crippen LogP contribution in [0.2, 0.25) is 0 Å². The van der Waals surface area contributed by atoms with Gasteiger partial charge in [-0.05, 0) is 31.2 Å². The van der Waals surface area contributed by atoms with Gasteiger partial charge in [0, 0.05) is 6.42 Å². The molecule has 15 heteroatoms. The van der Waals surface area contributed by atoms with Crippen LogP contribution in [0.4, 0.5) is 39.5 Å². The molecule has 0 rings (SSSR count). The minimum absolute atomic E-state index is 0.378. The van der Waals surface area contributed by atoms with Crippen LogP contribution in [0, 0.1) is 0 Å². The first-order valence-corrected chi connectivity index (χ1v) is 11.2. The Morgan fingerprint density at radius 1 is 0.862 bits per heavy atom. The molecule has 0 N–H and O–H groups in total. The molecule has 176 valence electrons. The molecule has 4 nitrogen and oxygen atoms in total. The molecule has 0 aliphatic heterocycles. The molecule has 0 heterocycles. The van der Waals surface area contributed by atoms with Crippen molar-refractivity contribution in [2.24, 2.45) is 0 Å². The van der Waals surface area contributed by atoms with E-state index in [0.29, 0.717) is 16.7 Å². The molecular weight excluding hydrogens is 467 g/mol. The fourth-order valence-corrected chi connectivity index (χ4v) is 3.46. The molecule has 0 saturated carbocycles. The molecule has 0 spiro atoms. The summed E-state index contributed by atoms with van der Waals surface area (Å²) < 4.78 is 135. The van der Waals surface area contributed by atoms with Gasteiger partial charge in [0.15, 0.2) is 21.7 Å². The van der Waals surface area contributed by atoms with E-state index in [1.807, 2.05) is 0 Å². The molecule has 0 unspecified atom stereocenters. The molecule has 29 heavy (non-hydrogen) atoms. The van der Waals surface area contributed by atoms with Crippen molar-refractivity contribution < 1.29 is 57.3 Å². The van der Waals surface area contributed by atoms with E-state index < -0.39 is 33.4 Å². The molecule has 0 radical (unpaired) electrons. The Labute approximate surface area is 165 Å². The first-order valence-electron chi connectivity index (χ1n) is 8.05. The molecule has 0 aliphatic carbocycles.